The van der Waals surface area contributed by atoms with Crippen LogP contribution in [-0.4, -0.2) is 10.9 Å². The quantitative estimate of drug-likeness (QED) is 0.650. The number of halogens is 1. The lowest BCUT2D eigenvalue weighted by molar-refractivity contribution is 0.0950. The van der Waals surface area contributed by atoms with Gasteiger partial charge in [0.05, 0.1) is 11.3 Å². The molecule has 2 N–H and O–H groups in total. The molecule has 25 heavy (non-hydrogen) atoms. The first-order valence-electron chi connectivity index (χ1n) is 7.94. The number of aryl methyl sites for hydroxylation is 1. The van der Waals surface area contributed by atoms with Crippen molar-refractivity contribution in [3.05, 3.63) is 88.0 Å². The summed E-state index contributed by atoms with van der Waals surface area (Å²) >= 11 is 3.49. The average Bonchev–Trinajstić information content (AvgIpc) is 2.63. The maximum Gasteiger partial charge on any atom is 0.253 e. The number of para-hydroxylation sites is 1. The number of benzene rings is 2. The van der Waals surface area contributed by atoms with Crippen molar-refractivity contribution in [1.82, 2.24) is 10.3 Å². The van der Waals surface area contributed by atoms with Gasteiger partial charge in [0.15, 0.2) is 0 Å². The van der Waals surface area contributed by atoms with Crippen LogP contribution in [0.25, 0.3) is 0 Å². The van der Waals surface area contributed by atoms with Crippen molar-refractivity contribution in [2.24, 2.45) is 0 Å². The van der Waals surface area contributed by atoms with Gasteiger partial charge in [-0.15, -0.1) is 0 Å². The summed E-state index contributed by atoms with van der Waals surface area (Å²) in [5.41, 5.74) is 3.72. The number of carbonyl (C=O) groups is 1. The van der Waals surface area contributed by atoms with Crippen LogP contribution in [-0.2, 0) is 6.54 Å². The van der Waals surface area contributed by atoms with Gasteiger partial charge in [0.1, 0.15) is 5.82 Å². The summed E-state index contributed by atoms with van der Waals surface area (Å²) in [7, 11) is 0. The van der Waals surface area contributed by atoms with Gasteiger partial charge in [-0.1, -0.05) is 36.4 Å². The number of pyridine rings is 1. The Morgan fingerprint density at radius 2 is 1.80 bits per heavy atom. The van der Waals surface area contributed by atoms with E-state index in [2.05, 4.69) is 31.5 Å². The van der Waals surface area contributed by atoms with Gasteiger partial charge in [0.25, 0.3) is 5.91 Å². The number of amides is 1. The molecule has 0 aliphatic heterocycles. The number of rotatable bonds is 5. The number of nitrogens with one attached hydrogen (secondary N) is 2. The zero-order valence-electron chi connectivity index (χ0n) is 13.8. The van der Waals surface area contributed by atoms with Crippen LogP contribution in [0.1, 0.15) is 21.5 Å². The number of hydrogen-bond donors (Lipinski definition) is 2. The predicted molar refractivity (Wildman–Crippen MR) is 104 cm³/mol. The standard InChI is InChI=1S/C20H18BrN3O/c1-14-6-2-3-7-15(14)12-23-20(25)16-10-11-19(22-13-16)24-18-9-5-4-8-17(18)21/h2-11,13H,12H2,1H3,(H,22,24)(H,23,25). The summed E-state index contributed by atoms with van der Waals surface area (Å²) < 4.78 is 0.955. The highest BCUT2D eigenvalue weighted by molar-refractivity contribution is 9.10. The highest BCUT2D eigenvalue weighted by Gasteiger charge is 2.07. The largest absolute Gasteiger partial charge is 0.348 e. The van der Waals surface area contributed by atoms with Gasteiger partial charge in [-0.25, -0.2) is 4.98 Å². The molecule has 0 atom stereocenters. The summed E-state index contributed by atoms with van der Waals surface area (Å²) in [6.07, 6.45) is 1.58. The number of nitrogens with zero attached hydrogens (tertiary/aromatic N) is 1. The summed E-state index contributed by atoms with van der Waals surface area (Å²) in [4.78, 5) is 16.6. The zero-order valence-corrected chi connectivity index (χ0v) is 15.4. The highest BCUT2D eigenvalue weighted by Crippen LogP contribution is 2.24. The van der Waals surface area contributed by atoms with Gasteiger partial charge in [-0.2, -0.15) is 0 Å². The summed E-state index contributed by atoms with van der Waals surface area (Å²) in [5.74, 6) is 0.547. The van der Waals surface area contributed by atoms with Crippen molar-refractivity contribution in [1.29, 1.82) is 0 Å². The topological polar surface area (TPSA) is 54.0 Å². The Bertz CT molecular complexity index is 878. The van der Waals surface area contributed by atoms with Crippen molar-refractivity contribution < 1.29 is 4.79 Å². The van der Waals surface area contributed by atoms with Gasteiger partial charge in [-0.3, -0.25) is 4.79 Å². The SMILES string of the molecule is Cc1ccccc1CNC(=O)c1ccc(Nc2ccccc2Br)nc1. The second-order valence-corrected chi connectivity index (χ2v) is 6.50. The van der Waals surface area contributed by atoms with Crippen LogP contribution in [0.5, 0.6) is 0 Å². The first kappa shape index (κ1) is 17.2. The van der Waals surface area contributed by atoms with Gasteiger partial charge < -0.3 is 10.6 Å². The molecule has 0 bridgehead atoms. The second-order valence-electron chi connectivity index (χ2n) is 5.65. The van der Waals surface area contributed by atoms with Crippen molar-refractivity contribution in [3.8, 4) is 0 Å². The van der Waals surface area contributed by atoms with Crippen LogP contribution in [0.3, 0.4) is 0 Å². The molecule has 0 saturated heterocycles. The first-order valence-corrected chi connectivity index (χ1v) is 8.73. The molecular weight excluding hydrogens is 378 g/mol. The summed E-state index contributed by atoms with van der Waals surface area (Å²) in [5, 5.41) is 6.14. The molecule has 0 fully saturated rings. The summed E-state index contributed by atoms with van der Waals surface area (Å²) in [6.45, 7) is 2.54. The normalized spacial score (nSPS) is 10.3. The van der Waals surface area contributed by atoms with Crippen LogP contribution in [0.2, 0.25) is 0 Å². The Balaban J connectivity index is 1.63. The maximum absolute atomic E-state index is 12.3. The molecule has 0 saturated carbocycles. The van der Waals surface area contributed by atoms with E-state index in [1.165, 1.54) is 0 Å². The van der Waals surface area contributed by atoms with Crippen LogP contribution in [0, 0.1) is 6.92 Å². The zero-order chi connectivity index (χ0) is 17.6. The van der Waals surface area contributed by atoms with Crippen molar-refractivity contribution in [2.45, 2.75) is 13.5 Å². The average molecular weight is 396 g/mol. The fourth-order valence-corrected chi connectivity index (χ4v) is 2.77. The van der Waals surface area contributed by atoms with E-state index in [-0.39, 0.29) is 5.91 Å². The van der Waals surface area contributed by atoms with E-state index in [0.717, 1.165) is 21.3 Å². The minimum Gasteiger partial charge on any atom is -0.348 e. The lowest BCUT2D eigenvalue weighted by Gasteiger charge is -2.09. The Kier molecular flexibility index (Phi) is 5.46. The van der Waals surface area contributed by atoms with E-state index < -0.39 is 0 Å². The lowest BCUT2D eigenvalue weighted by Crippen LogP contribution is -2.23. The van der Waals surface area contributed by atoms with E-state index in [0.29, 0.717) is 17.9 Å². The number of anilines is 2. The van der Waals surface area contributed by atoms with Crippen molar-refractivity contribution in [3.63, 3.8) is 0 Å². The lowest BCUT2D eigenvalue weighted by atomic mass is 10.1. The Morgan fingerprint density at radius 3 is 2.52 bits per heavy atom. The minimum absolute atomic E-state index is 0.136. The molecule has 0 aliphatic carbocycles. The molecule has 5 heteroatoms. The van der Waals surface area contributed by atoms with E-state index in [1.54, 1.807) is 18.3 Å². The molecule has 1 heterocycles. The number of aromatic nitrogens is 1. The number of hydrogen-bond acceptors (Lipinski definition) is 3. The van der Waals surface area contributed by atoms with Crippen LogP contribution in [0.4, 0.5) is 11.5 Å². The Morgan fingerprint density at radius 1 is 1.04 bits per heavy atom. The second kappa shape index (κ2) is 7.94. The highest BCUT2D eigenvalue weighted by atomic mass is 79.9. The number of carbonyl (C=O) groups excluding carboxylic acids is 1. The van der Waals surface area contributed by atoms with Crippen molar-refractivity contribution >= 4 is 33.3 Å². The molecule has 0 radical (unpaired) electrons. The third-order valence-corrected chi connectivity index (χ3v) is 4.55. The fourth-order valence-electron chi connectivity index (χ4n) is 2.39. The first-order chi connectivity index (χ1) is 12.1. The third-order valence-electron chi connectivity index (χ3n) is 3.86. The minimum atomic E-state index is -0.136. The molecule has 1 amide bonds. The predicted octanol–water partition coefficient (Wildman–Crippen LogP) is 4.83. The van der Waals surface area contributed by atoms with Crippen molar-refractivity contribution in [2.75, 3.05) is 5.32 Å². The molecule has 1 aromatic heterocycles. The van der Waals surface area contributed by atoms with E-state index >= 15 is 0 Å². The Hall–Kier alpha value is -2.66. The molecule has 3 rings (SSSR count). The maximum atomic E-state index is 12.3. The molecule has 0 spiro atoms. The van der Waals surface area contributed by atoms with Gasteiger partial charge in [0.2, 0.25) is 0 Å². The van der Waals surface area contributed by atoms with Crippen LogP contribution >= 0.6 is 15.9 Å². The molecule has 0 unspecified atom stereocenters. The molecular formula is C20H18BrN3O. The molecule has 4 nitrogen and oxygen atoms in total. The molecule has 3 aromatic rings. The third kappa shape index (κ3) is 4.45. The molecule has 0 aliphatic rings. The fraction of sp³-hybridized carbons (Fsp3) is 0.100. The van der Waals surface area contributed by atoms with E-state index in [4.69, 9.17) is 0 Å². The van der Waals surface area contributed by atoms with Gasteiger partial charge in [-0.05, 0) is 58.2 Å². The Labute approximate surface area is 155 Å². The monoisotopic (exact) mass is 395 g/mol. The van der Waals surface area contributed by atoms with E-state index in [9.17, 15) is 4.79 Å². The van der Waals surface area contributed by atoms with Crippen LogP contribution < -0.4 is 10.6 Å². The van der Waals surface area contributed by atoms with Gasteiger partial charge in [0, 0.05) is 17.2 Å². The molecule has 2 aromatic carbocycles. The van der Waals surface area contributed by atoms with E-state index in [1.807, 2.05) is 55.5 Å². The summed E-state index contributed by atoms with van der Waals surface area (Å²) in [6, 6.07) is 19.4. The smallest absolute Gasteiger partial charge is 0.253 e. The van der Waals surface area contributed by atoms with Crippen LogP contribution in [0.15, 0.2) is 71.3 Å². The molecule has 126 valence electrons. The van der Waals surface area contributed by atoms with Gasteiger partial charge >= 0.3 is 0 Å².